The molecule has 0 aliphatic heterocycles. The first kappa shape index (κ1) is 21.4. The monoisotopic (exact) mass is 514 g/mol. The van der Waals surface area contributed by atoms with Crippen LogP contribution in [-0.2, 0) is 16.1 Å². The number of hydrogen-bond acceptors (Lipinski definition) is 6. The summed E-state index contributed by atoms with van der Waals surface area (Å²) in [7, 11) is 1.57. The van der Waals surface area contributed by atoms with Crippen molar-refractivity contribution in [1.82, 2.24) is 15.0 Å². The molecule has 3 aromatic rings. The molecule has 3 rings (SSSR count). The van der Waals surface area contributed by atoms with Gasteiger partial charge in [-0.3, -0.25) is 14.6 Å². The van der Waals surface area contributed by atoms with E-state index in [4.69, 9.17) is 14.7 Å². The number of pyridine rings is 1. The number of carbonyl (C=O) groups is 1. The molecule has 29 heavy (non-hydrogen) atoms. The van der Waals surface area contributed by atoms with Gasteiger partial charge in [0.05, 0.1) is 36.7 Å². The lowest BCUT2D eigenvalue weighted by molar-refractivity contribution is 0.0162. The highest BCUT2D eigenvalue weighted by Gasteiger charge is 2.24. The van der Waals surface area contributed by atoms with Gasteiger partial charge >= 0.3 is 0 Å². The van der Waals surface area contributed by atoms with Crippen molar-refractivity contribution < 1.29 is 23.9 Å². The van der Waals surface area contributed by atoms with Crippen molar-refractivity contribution in [3.8, 4) is 0 Å². The predicted octanol–water partition coefficient (Wildman–Crippen LogP) is 2.82. The maximum Gasteiger partial charge on any atom is 0.293 e. The van der Waals surface area contributed by atoms with Gasteiger partial charge in [-0.15, -0.1) is 0 Å². The van der Waals surface area contributed by atoms with Crippen molar-refractivity contribution in [1.29, 1.82) is 0 Å². The zero-order valence-electron chi connectivity index (χ0n) is 15.6. The molecule has 0 fully saturated rings. The third kappa shape index (κ3) is 4.83. The van der Waals surface area contributed by atoms with Crippen LogP contribution in [0.1, 0.15) is 10.5 Å². The molecule has 0 saturated heterocycles. The molecule has 8 nitrogen and oxygen atoms in total. The van der Waals surface area contributed by atoms with Crippen molar-refractivity contribution in [3.05, 3.63) is 51.7 Å². The van der Waals surface area contributed by atoms with E-state index in [0.29, 0.717) is 24.2 Å². The minimum absolute atomic E-state index is 0.0554. The van der Waals surface area contributed by atoms with Crippen LogP contribution in [0.15, 0.2) is 36.7 Å². The number of fused-ring (bicyclic) bond motifs is 1. The van der Waals surface area contributed by atoms with E-state index in [1.807, 2.05) is 22.6 Å². The summed E-state index contributed by atoms with van der Waals surface area (Å²) in [6.45, 7) is 0.452. The topological polar surface area (TPSA) is 97.6 Å². The Balaban J connectivity index is 2.12. The summed E-state index contributed by atoms with van der Waals surface area (Å²) in [5.74, 6) is -0.986. The molecule has 0 radical (unpaired) electrons. The molecule has 0 aliphatic rings. The van der Waals surface area contributed by atoms with Crippen molar-refractivity contribution in [2.24, 2.45) is 0 Å². The maximum atomic E-state index is 14.5. The first-order chi connectivity index (χ1) is 14.1. The standard InChI is InChI=1S/C19H20FIN4O4/c1-28-8-6-25-16-4-5-22-11-13(16)17(18(25)19(27)24-29-9-7-26)23-15-3-2-12(21)10-14(15)20/h2-5,10-11,23,26H,6-9H2,1H3,(H,24,27). The Labute approximate surface area is 180 Å². The van der Waals surface area contributed by atoms with Crippen LogP contribution in [0.2, 0.25) is 0 Å². The molecule has 0 spiro atoms. The SMILES string of the molecule is COCCn1c(C(=O)NOCCO)c(Nc2ccc(I)cc2F)c2cnccc21. The summed E-state index contributed by atoms with van der Waals surface area (Å²) in [6.07, 6.45) is 3.22. The fourth-order valence-corrected chi connectivity index (χ4v) is 3.36. The Morgan fingerprint density at radius 3 is 2.90 bits per heavy atom. The molecular weight excluding hydrogens is 494 g/mol. The zero-order valence-corrected chi connectivity index (χ0v) is 17.8. The number of hydrogen-bond donors (Lipinski definition) is 3. The van der Waals surface area contributed by atoms with Crippen molar-refractivity contribution in [2.45, 2.75) is 6.54 Å². The molecule has 2 heterocycles. The fraction of sp³-hybridized carbons (Fsp3) is 0.263. The molecule has 0 bridgehead atoms. The number of aliphatic hydroxyl groups excluding tert-OH is 1. The highest BCUT2D eigenvalue weighted by atomic mass is 127. The second-order valence-electron chi connectivity index (χ2n) is 6.01. The number of anilines is 2. The van der Waals surface area contributed by atoms with Gasteiger partial charge in [0.2, 0.25) is 0 Å². The van der Waals surface area contributed by atoms with Gasteiger partial charge in [0.1, 0.15) is 11.5 Å². The lowest BCUT2D eigenvalue weighted by atomic mass is 10.2. The van der Waals surface area contributed by atoms with E-state index in [9.17, 15) is 9.18 Å². The van der Waals surface area contributed by atoms with Crippen LogP contribution in [0.3, 0.4) is 0 Å². The van der Waals surface area contributed by atoms with E-state index in [1.165, 1.54) is 6.07 Å². The normalized spacial score (nSPS) is 11.0. The molecule has 10 heteroatoms. The summed E-state index contributed by atoms with van der Waals surface area (Å²) in [6, 6.07) is 6.54. The number of nitrogens with zero attached hydrogens (tertiary/aromatic N) is 2. The van der Waals surface area contributed by atoms with Crippen LogP contribution in [0, 0.1) is 9.39 Å². The first-order valence-electron chi connectivity index (χ1n) is 8.77. The number of methoxy groups -OCH3 is 1. The number of amides is 1. The van der Waals surface area contributed by atoms with Crippen LogP contribution < -0.4 is 10.8 Å². The van der Waals surface area contributed by atoms with E-state index in [0.717, 1.165) is 9.09 Å². The zero-order chi connectivity index (χ0) is 20.8. The van der Waals surface area contributed by atoms with Crippen LogP contribution in [0.5, 0.6) is 0 Å². The van der Waals surface area contributed by atoms with Gasteiger partial charge in [0, 0.05) is 35.0 Å². The number of ether oxygens (including phenoxy) is 1. The molecule has 154 valence electrons. The van der Waals surface area contributed by atoms with Gasteiger partial charge in [-0.2, -0.15) is 0 Å². The number of nitrogens with one attached hydrogen (secondary N) is 2. The van der Waals surface area contributed by atoms with E-state index >= 15 is 0 Å². The molecule has 0 unspecified atom stereocenters. The molecule has 0 aliphatic carbocycles. The van der Waals surface area contributed by atoms with Crippen molar-refractivity contribution in [3.63, 3.8) is 0 Å². The van der Waals surface area contributed by atoms with Crippen molar-refractivity contribution in [2.75, 3.05) is 32.2 Å². The van der Waals surface area contributed by atoms with Crippen LogP contribution in [0.25, 0.3) is 10.9 Å². The summed E-state index contributed by atoms with van der Waals surface area (Å²) in [4.78, 5) is 22.0. The molecule has 1 amide bonds. The van der Waals surface area contributed by atoms with E-state index in [2.05, 4.69) is 15.8 Å². The van der Waals surface area contributed by atoms with Gasteiger partial charge < -0.3 is 19.7 Å². The minimum Gasteiger partial charge on any atom is -0.394 e. The summed E-state index contributed by atoms with van der Waals surface area (Å²) in [5.41, 5.74) is 3.91. The second kappa shape index (κ2) is 9.96. The summed E-state index contributed by atoms with van der Waals surface area (Å²) < 4.78 is 22.1. The molecule has 2 aromatic heterocycles. The quantitative estimate of drug-likeness (QED) is 0.231. The predicted molar refractivity (Wildman–Crippen MR) is 115 cm³/mol. The number of halogens is 2. The van der Waals surface area contributed by atoms with Gasteiger partial charge in [0.25, 0.3) is 5.91 Å². The number of aliphatic hydroxyl groups is 1. The Bertz CT molecular complexity index is 1010. The number of benzene rings is 1. The number of hydroxylamine groups is 1. The lowest BCUT2D eigenvalue weighted by Gasteiger charge is -2.13. The fourth-order valence-electron chi connectivity index (χ4n) is 2.91. The van der Waals surface area contributed by atoms with Crippen LogP contribution in [0.4, 0.5) is 15.8 Å². The Morgan fingerprint density at radius 1 is 1.34 bits per heavy atom. The Hall–Kier alpha value is -2.28. The van der Waals surface area contributed by atoms with Gasteiger partial charge in [0.15, 0.2) is 0 Å². The number of rotatable bonds is 9. The third-order valence-corrected chi connectivity index (χ3v) is 4.82. The molecular formula is C19H20FIN4O4. The van der Waals surface area contributed by atoms with Crippen molar-refractivity contribution >= 4 is 50.8 Å². The lowest BCUT2D eigenvalue weighted by Crippen LogP contribution is -2.28. The second-order valence-corrected chi connectivity index (χ2v) is 7.26. The minimum atomic E-state index is -0.542. The van der Waals surface area contributed by atoms with Crippen LogP contribution in [-0.4, -0.2) is 47.5 Å². The largest absolute Gasteiger partial charge is 0.394 e. The first-order valence-corrected chi connectivity index (χ1v) is 9.85. The maximum absolute atomic E-state index is 14.5. The van der Waals surface area contributed by atoms with E-state index in [-0.39, 0.29) is 24.6 Å². The van der Waals surface area contributed by atoms with Gasteiger partial charge in [-0.25, -0.2) is 9.87 Å². The van der Waals surface area contributed by atoms with Gasteiger partial charge in [-0.05, 0) is 46.9 Å². The van der Waals surface area contributed by atoms with E-state index < -0.39 is 11.7 Å². The molecule has 0 atom stereocenters. The van der Waals surface area contributed by atoms with Crippen LogP contribution >= 0.6 is 22.6 Å². The Morgan fingerprint density at radius 2 is 2.17 bits per heavy atom. The number of carbonyl (C=O) groups excluding carboxylic acids is 1. The smallest absolute Gasteiger partial charge is 0.293 e. The molecule has 1 aromatic carbocycles. The average Bonchev–Trinajstić information content (AvgIpc) is 3.02. The third-order valence-electron chi connectivity index (χ3n) is 4.15. The van der Waals surface area contributed by atoms with E-state index in [1.54, 1.807) is 42.3 Å². The highest BCUT2D eigenvalue weighted by Crippen LogP contribution is 2.34. The van der Waals surface area contributed by atoms with Gasteiger partial charge in [-0.1, -0.05) is 0 Å². The summed E-state index contributed by atoms with van der Waals surface area (Å²) in [5, 5.41) is 12.6. The molecule has 3 N–H and O–H groups in total. The average molecular weight is 514 g/mol. The highest BCUT2D eigenvalue weighted by molar-refractivity contribution is 14.1. The molecule has 0 saturated carbocycles. The summed E-state index contributed by atoms with van der Waals surface area (Å²) >= 11 is 2.03. The number of aromatic nitrogens is 2. The Kier molecular flexibility index (Phi) is 7.36.